The van der Waals surface area contributed by atoms with Gasteiger partial charge in [0.05, 0.1) is 5.69 Å². The number of nitrogens with zero attached hydrogens (tertiary/aromatic N) is 2. The highest BCUT2D eigenvalue weighted by Gasteiger charge is 2.11. The van der Waals surface area contributed by atoms with E-state index in [2.05, 4.69) is 9.97 Å². The van der Waals surface area contributed by atoms with E-state index in [0.29, 0.717) is 0 Å². The fourth-order valence-corrected chi connectivity index (χ4v) is 2.47. The van der Waals surface area contributed by atoms with Gasteiger partial charge in [0, 0.05) is 28.9 Å². The molecule has 78 valence electrons. The Hall–Kier alpha value is -1.26. The maximum atomic E-state index is 5.86. The number of aromatic nitrogens is 2. The van der Waals surface area contributed by atoms with Crippen molar-refractivity contribution in [3.05, 3.63) is 35.1 Å². The maximum Gasteiger partial charge on any atom is 0.124 e. The lowest BCUT2D eigenvalue weighted by atomic mass is 10.2. The normalized spacial score (nSPS) is 12.7. The summed E-state index contributed by atoms with van der Waals surface area (Å²) in [6, 6.07) is 3.98. The van der Waals surface area contributed by atoms with Crippen LogP contribution in [0.1, 0.15) is 23.5 Å². The van der Waals surface area contributed by atoms with Crippen molar-refractivity contribution < 1.29 is 0 Å². The molecule has 2 aromatic rings. The summed E-state index contributed by atoms with van der Waals surface area (Å²) in [4.78, 5) is 9.65. The highest BCUT2D eigenvalue weighted by atomic mass is 32.1. The van der Waals surface area contributed by atoms with Crippen molar-refractivity contribution >= 4 is 11.3 Å². The largest absolute Gasteiger partial charge is 0.323 e. The molecule has 2 N–H and O–H groups in total. The Morgan fingerprint density at radius 3 is 2.53 bits per heavy atom. The lowest BCUT2D eigenvalue weighted by Gasteiger charge is -1.99. The van der Waals surface area contributed by atoms with E-state index in [-0.39, 0.29) is 6.04 Å². The molecule has 0 spiro atoms. The van der Waals surface area contributed by atoms with Crippen LogP contribution < -0.4 is 5.73 Å². The van der Waals surface area contributed by atoms with E-state index < -0.39 is 0 Å². The van der Waals surface area contributed by atoms with Crippen molar-refractivity contribution in [2.45, 2.75) is 19.9 Å². The first kappa shape index (κ1) is 10.3. The van der Waals surface area contributed by atoms with E-state index in [0.717, 1.165) is 21.1 Å². The highest BCUT2D eigenvalue weighted by Crippen LogP contribution is 2.30. The summed E-state index contributed by atoms with van der Waals surface area (Å²) in [5, 5.41) is 1.02. The molecule has 2 rings (SSSR count). The maximum absolute atomic E-state index is 5.86. The van der Waals surface area contributed by atoms with Gasteiger partial charge >= 0.3 is 0 Å². The monoisotopic (exact) mass is 219 g/mol. The molecule has 2 heterocycles. The van der Waals surface area contributed by atoms with Crippen molar-refractivity contribution in [3.8, 4) is 10.6 Å². The molecule has 0 saturated heterocycles. The molecule has 0 aromatic carbocycles. The number of nitrogens with two attached hydrogens (primary N) is 1. The Morgan fingerprint density at radius 1 is 1.33 bits per heavy atom. The van der Waals surface area contributed by atoms with Gasteiger partial charge in [-0.15, -0.1) is 11.3 Å². The number of hydrogen-bond acceptors (Lipinski definition) is 4. The van der Waals surface area contributed by atoms with Gasteiger partial charge in [-0.25, -0.2) is 4.98 Å². The van der Waals surface area contributed by atoms with Crippen LogP contribution in [0.2, 0.25) is 0 Å². The zero-order chi connectivity index (χ0) is 10.8. The van der Waals surface area contributed by atoms with Crippen molar-refractivity contribution in [3.63, 3.8) is 0 Å². The molecule has 0 bridgehead atoms. The first-order chi connectivity index (χ1) is 7.18. The van der Waals surface area contributed by atoms with Gasteiger partial charge in [0.1, 0.15) is 5.01 Å². The standard InChI is InChI=1S/C11H13N3S/c1-7(12)10-8(2)14-11(15-10)9-3-5-13-6-4-9/h3-7H,12H2,1-2H3. The highest BCUT2D eigenvalue weighted by molar-refractivity contribution is 7.15. The number of thiazole rings is 1. The van der Waals surface area contributed by atoms with Gasteiger partial charge in [-0.1, -0.05) is 0 Å². The van der Waals surface area contributed by atoms with Crippen LogP contribution in [-0.2, 0) is 0 Å². The Kier molecular flexibility index (Phi) is 2.79. The smallest absolute Gasteiger partial charge is 0.124 e. The molecule has 0 aliphatic carbocycles. The van der Waals surface area contributed by atoms with Crippen LogP contribution in [0.5, 0.6) is 0 Å². The van der Waals surface area contributed by atoms with E-state index in [1.54, 1.807) is 23.7 Å². The van der Waals surface area contributed by atoms with Crippen LogP contribution >= 0.6 is 11.3 Å². The number of hydrogen-bond donors (Lipinski definition) is 1. The van der Waals surface area contributed by atoms with Gasteiger partial charge in [0.2, 0.25) is 0 Å². The number of pyridine rings is 1. The molecule has 0 saturated carbocycles. The number of rotatable bonds is 2. The zero-order valence-electron chi connectivity index (χ0n) is 8.77. The molecule has 15 heavy (non-hydrogen) atoms. The summed E-state index contributed by atoms with van der Waals surface area (Å²) in [6.45, 7) is 3.98. The quantitative estimate of drug-likeness (QED) is 0.844. The van der Waals surface area contributed by atoms with Crippen LogP contribution in [0, 0.1) is 6.92 Å². The predicted octanol–water partition coefficient (Wildman–Crippen LogP) is 2.53. The Morgan fingerprint density at radius 2 is 2.00 bits per heavy atom. The summed E-state index contributed by atoms with van der Waals surface area (Å²) < 4.78 is 0. The zero-order valence-corrected chi connectivity index (χ0v) is 9.58. The van der Waals surface area contributed by atoms with Crippen molar-refractivity contribution in [2.75, 3.05) is 0 Å². The minimum Gasteiger partial charge on any atom is -0.323 e. The van der Waals surface area contributed by atoms with Crippen LogP contribution in [0.3, 0.4) is 0 Å². The predicted molar refractivity (Wildman–Crippen MR) is 62.7 cm³/mol. The molecule has 0 aliphatic heterocycles. The summed E-state index contributed by atoms with van der Waals surface area (Å²) in [6.07, 6.45) is 3.55. The van der Waals surface area contributed by atoms with Gasteiger partial charge in [0.15, 0.2) is 0 Å². The second kappa shape index (κ2) is 4.08. The minimum absolute atomic E-state index is 0.0538. The average Bonchev–Trinajstić information content (AvgIpc) is 2.62. The molecule has 3 nitrogen and oxygen atoms in total. The van der Waals surface area contributed by atoms with Crippen LogP contribution in [0.25, 0.3) is 10.6 Å². The SMILES string of the molecule is Cc1nc(-c2ccncc2)sc1C(C)N. The summed E-state index contributed by atoms with van der Waals surface area (Å²) in [7, 11) is 0. The first-order valence-corrected chi connectivity index (χ1v) is 5.63. The lowest BCUT2D eigenvalue weighted by Crippen LogP contribution is -2.03. The molecule has 0 radical (unpaired) electrons. The van der Waals surface area contributed by atoms with Gasteiger partial charge in [-0.2, -0.15) is 0 Å². The average molecular weight is 219 g/mol. The summed E-state index contributed by atoms with van der Waals surface area (Å²) >= 11 is 1.66. The van der Waals surface area contributed by atoms with Gasteiger partial charge in [-0.05, 0) is 26.0 Å². The molecule has 0 amide bonds. The minimum atomic E-state index is 0.0538. The molecular weight excluding hydrogens is 206 g/mol. The summed E-state index contributed by atoms with van der Waals surface area (Å²) in [5.74, 6) is 0. The van der Waals surface area contributed by atoms with E-state index in [1.165, 1.54) is 0 Å². The van der Waals surface area contributed by atoms with Gasteiger partial charge < -0.3 is 5.73 Å². The van der Waals surface area contributed by atoms with Crippen LogP contribution in [0.4, 0.5) is 0 Å². The molecule has 1 unspecified atom stereocenters. The number of aryl methyl sites for hydroxylation is 1. The van der Waals surface area contributed by atoms with E-state index in [9.17, 15) is 0 Å². The van der Waals surface area contributed by atoms with Crippen LogP contribution in [-0.4, -0.2) is 9.97 Å². The van der Waals surface area contributed by atoms with Crippen LogP contribution in [0.15, 0.2) is 24.5 Å². The van der Waals surface area contributed by atoms with E-state index in [1.807, 2.05) is 26.0 Å². The lowest BCUT2D eigenvalue weighted by molar-refractivity contribution is 0.825. The fraction of sp³-hybridized carbons (Fsp3) is 0.273. The molecule has 4 heteroatoms. The third-order valence-corrected chi connectivity index (χ3v) is 3.58. The fourth-order valence-electron chi connectivity index (χ4n) is 1.45. The topological polar surface area (TPSA) is 51.8 Å². The molecule has 2 aromatic heterocycles. The third-order valence-electron chi connectivity index (χ3n) is 2.17. The Bertz CT molecular complexity index is 448. The molecule has 1 atom stereocenters. The Labute approximate surface area is 93.0 Å². The first-order valence-electron chi connectivity index (χ1n) is 4.82. The molecule has 0 fully saturated rings. The summed E-state index contributed by atoms with van der Waals surface area (Å²) in [5.41, 5.74) is 8.00. The van der Waals surface area contributed by atoms with Gasteiger partial charge in [-0.3, -0.25) is 4.98 Å². The molecular formula is C11H13N3S. The van der Waals surface area contributed by atoms with E-state index in [4.69, 9.17) is 5.73 Å². The van der Waals surface area contributed by atoms with Crippen molar-refractivity contribution in [1.82, 2.24) is 9.97 Å². The van der Waals surface area contributed by atoms with Gasteiger partial charge in [0.25, 0.3) is 0 Å². The second-order valence-electron chi connectivity index (χ2n) is 3.49. The molecule has 0 aliphatic rings. The van der Waals surface area contributed by atoms with Crippen molar-refractivity contribution in [2.24, 2.45) is 5.73 Å². The third kappa shape index (κ3) is 2.06. The van der Waals surface area contributed by atoms with E-state index >= 15 is 0 Å². The van der Waals surface area contributed by atoms with Crippen molar-refractivity contribution in [1.29, 1.82) is 0 Å². The Balaban J connectivity index is 2.43. The second-order valence-corrected chi connectivity index (χ2v) is 4.52.